The topological polar surface area (TPSA) is 98.6 Å². The van der Waals surface area contributed by atoms with E-state index in [0.29, 0.717) is 16.2 Å². The van der Waals surface area contributed by atoms with Crippen molar-refractivity contribution in [2.45, 2.75) is 41.0 Å². The third-order valence-electron chi connectivity index (χ3n) is 4.85. The van der Waals surface area contributed by atoms with Gasteiger partial charge in [0.2, 0.25) is 0 Å². The van der Waals surface area contributed by atoms with Crippen LogP contribution in [-0.2, 0) is 18.9 Å². The van der Waals surface area contributed by atoms with Crippen molar-refractivity contribution in [3.8, 4) is 0 Å². The van der Waals surface area contributed by atoms with Crippen molar-refractivity contribution in [2.24, 2.45) is 5.11 Å². The SMILES string of the molecule is CO[C@H]1C(N=[N+]=[N-])[C@H]2OC(c3ccccc3)OCC2O[C@@H]1Sc1cc(Cl)cnc1Br. The monoisotopic (exact) mass is 512 g/mol. The summed E-state index contributed by atoms with van der Waals surface area (Å²) >= 11 is 10.9. The van der Waals surface area contributed by atoms with Gasteiger partial charge in [0, 0.05) is 28.7 Å². The van der Waals surface area contributed by atoms with E-state index in [1.807, 2.05) is 30.3 Å². The number of benzene rings is 1. The molecule has 0 spiro atoms. The Morgan fingerprint density at radius 1 is 1.33 bits per heavy atom. The van der Waals surface area contributed by atoms with Gasteiger partial charge in [-0.05, 0) is 27.5 Å². The van der Waals surface area contributed by atoms with Crippen molar-refractivity contribution in [3.05, 3.63) is 68.2 Å². The van der Waals surface area contributed by atoms with Crippen LogP contribution in [0.4, 0.5) is 0 Å². The van der Waals surface area contributed by atoms with Crippen LogP contribution in [0.5, 0.6) is 0 Å². The van der Waals surface area contributed by atoms with Gasteiger partial charge >= 0.3 is 0 Å². The fourth-order valence-electron chi connectivity index (χ4n) is 3.49. The van der Waals surface area contributed by atoms with Gasteiger partial charge in [0.1, 0.15) is 28.4 Å². The van der Waals surface area contributed by atoms with E-state index < -0.39 is 36.1 Å². The van der Waals surface area contributed by atoms with Gasteiger partial charge in [-0.15, -0.1) is 0 Å². The number of fused-ring (bicyclic) bond motifs is 1. The number of thioether (sulfide) groups is 1. The Morgan fingerprint density at radius 3 is 2.87 bits per heavy atom. The molecular formula is C19H18BrClN4O4S. The average Bonchev–Trinajstić information content (AvgIpc) is 2.77. The Morgan fingerprint density at radius 2 is 2.13 bits per heavy atom. The quantitative estimate of drug-likeness (QED) is 0.238. The van der Waals surface area contributed by atoms with E-state index >= 15 is 0 Å². The van der Waals surface area contributed by atoms with Gasteiger partial charge in [-0.2, -0.15) is 0 Å². The summed E-state index contributed by atoms with van der Waals surface area (Å²) in [6.45, 7) is 0.296. The Hall–Kier alpha value is -1.36. The third-order valence-corrected chi connectivity index (χ3v) is 7.13. The van der Waals surface area contributed by atoms with Gasteiger partial charge in [0.25, 0.3) is 0 Å². The minimum absolute atomic E-state index is 0.296. The lowest BCUT2D eigenvalue weighted by Crippen LogP contribution is -2.60. The van der Waals surface area contributed by atoms with E-state index in [0.717, 1.165) is 10.5 Å². The second-order valence-electron chi connectivity index (χ2n) is 6.68. The Balaban J connectivity index is 1.59. The molecule has 3 heterocycles. The number of methoxy groups -OCH3 is 1. The predicted octanol–water partition coefficient (Wildman–Crippen LogP) is 5.12. The lowest BCUT2D eigenvalue weighted by molar-refractivity contribution is -0.298. The number of pyridine rings is 1. The molecule has 2 aliphatic rings. The molecule has 11 heteroatoms. The van der Waals surface area contributed by atoms with Gasteiger partial charge in [-0.1, -0.05) is 58.8 Å². The summed E-state index contributed by atoms with van der Waals surface area (Å²) in [5.74, 6) is 0. The molecule has 2 aromatic rings. The number of hydrogen-bond acceptors (Lipinski definition) is 7. The lowest BCUT2D eigenvalue weighted by Gasteiger charge is -2.47. The molecule has 1 aromatic carbocycles. The average molecular weight is 514 g/mol. The zero-order valence-electron chi connectivity index (χ0n) is 15.8. The van der Waals surface area contributed by atoms with Crippen molar-refractivity contribution >= 4 is 39.3 Å². The van der Waals surface area contributed by atoms with Crippen LogP contribution in [0, 0.1) is 0 Å². The summed E-state index contributed by atoms with van der Waals surface area (Å²) in [5, 5.41) is 4.51. The molecule has 0 aliphatic carbocycles. The number of ether oxygens (including phenoxy) is 4. The smallest absolute Gasteiger partial charge is 0.184 e. The zero-order valence-corrected chi connectivity index (χ0v) is 19.0. The van der Waals surface area contributed by atoms with Crippen molar-refractivity contribution in [1.82, 2.24) is 4.98 Å². The second-order valence-corrected chi connectivity index (χ2v) is 9.00. The minimum Gasteiger partial charge on any atom is -0.377 e. The van der Waals surface area contributed by atoms with E-state index in [-0.39, 0.29) is 0 Å². The van der Waals surface area contributed by atoms with Crippen molar-refractivity contribution in [1.29, 1.82) is 0 Å². The van der Waals surface area contributed by atoms with Crippen LogP contribution in [0.2, 0.25) is 5.02 Å². The van der Waals surface area contributed by atoms with Crippen LogP contribution in [0.1, 0.15) is 11.9 Å². The van der Waals surface area contributed by atoms with Gasteiger partial charge in [-0.25, -0.2) is 4.98 Å². The normalized spacial score (nSPS) is 30.9. The largest absolute Gasteiger partial charge is 0.377 e. The number of aromatic nitrogens is 1. The standard InChI is InChI=1S/C19H18BrClN4O4S/c1-26-16-14(24-25-22)15-12(9-27-18(29-15)10-5-3-2-4-6-10)28-19(16)30-13-7-11(21)8-23-17(13)20/h2-8,12,14-16,18-19H,9H2,1H3/t12?,14?,15-,16-,18?,19+/m0/s1. The second kappa shape index (κ2) is 9.84. The molecule has 4 rings (SSSR count). The van der Waals surface area contributed by atoms with E-state index in [2.05, 4.69) is 30.9 Å². The fraction of sp³-hybridized carbons (Fsp3) is 0.421. The summed E-state index contributed by atoms with van der Waals surface area (Å²) in [6.07, 6.45) is -0.498. The Kier molecular flexibility index (Phi) is 7.17. The van der Waals surface area contributed by atoms with Crippen LogP contribution in [0.15, 0.2) is 57.2 Å². The number of halogens is 2. The summed E-state index contributed by atoms with van der Waals surface area (Å²) < 4.78 is 24.7. The highest BCUT2D eigenvalue weighted by atomic mass is 79.9. The summed E-state index contributed by atoms with van der Waals surface area (Å²) in [5.41, 5.74) is 9.60. The van der Waals surface area contributed by atoms with Crippen molar-refractivity contribution < 1.29 is 18.9 Å². The maximum atomic E-state index is 9.19. The first-order valence-electron chi connectivity index (χ1n) is 9.13. The third kappa shape index (κ3) is 4.61. The summed E-state index contributed by atoms with van der Waals surface area (Å²) in [6, 6.07) is 10.8. The van der Waals surface area contributed by atoms with E-state index in [1.165, 1.54) is 11.8 Å². The molecule has 2 aliphatic heterocycles. The first-order valence-corrected chi connectivity index (χ1v) is 11.2. The molecule has 3 unspecified atom stereocenters. The first-order chi connectivity index (χ1) is 14.6. The summed E-state index contributed by atoms with van der Waals surface area (Å²) in [7, 11) is 1.56. The van der Waals surface area contributed by atoms with Crippen LogP contribution >= 0.6 is 39.3 Å². The van der Waals surface area contributed by atoms with Gasteiger partial charge in [0.15, 0.2) is 6.29 Å². The van der Waals surface area contributed by atoms with E-state index in [4.69, 9.17) is 30.5 Å². The minimum atomic E-state index is -0.600. The molecule has 0 saturated carbocycles. The molecule has 1 aromatic heterocycles. The Labute approximate surface area is 190 Å². The number of azide groups is 1. The molecule has 0 N–H and O–H groups in total. The van der Waals surface area contributed by atoms with Crippen molar-refractivity contribution in [2.75, 3.05) is 13.7 Å². The maximum Gasteiger partial charge on any atom is 0.184 e. The van der Waals surface area contributed by atoms with Crippen LogP contribution in [-0.4, -0.2) is 48.5 Å². The maximum absolute atomic E-state index is 9.19. The van der Waals surface area contributed by atoms with Gasteiger partial charge < -0.3 is 18.9 Å². The molecule has 8 nitrogen and oxygen atoms in total. The molecule has 158 valence electrons. The molecule has 0 radical (unpaired) electrons. The van der Waals surface area contributed by atoms with Gasteiger partial charge in [0.05, 0.1) is 17.7 Å². The van der Waals surface area contributed by atoms with E-state index in [9.17, 15) is 5.53 Å². The van der Waals surface area contributed by atoms with Gasteiger partial charge in [-0.3, -0.25) is 0 Å². The first kappa shape index (κ1) is 21.9. The number of hydrogen-bond donors (Lipinski definition) is 0. The highest BCUT2D eigenvalue weighted by Crippen LogP contribution is 2.42. The molecule has 30 heavy (non-hydrogen) atoms. The highest BCUT2D eigenvalue weighted by molar-refractivity contribution is 9.10. The molecule has 0 bridgehead atoms. The lowest BCUT2D eigenvalue weighted by atomic mass is 9.96. The Bertz CT molecular complexity index is 936. The highest BCUT2D eigenvalue weighted by Gasteiger charge is 2.50. The van der Waals surface area contributed by atoms with Crippen LogP contribution in [0.25, 0.3) is 10.4 Å². The summed E-state index contributed by atoms with van der Waals surface area (Å²) in [4.78, 5) is 8.03. The number of nitrogens with zero attached hydrogens (tertiary/aromatic N) is 4. The van der Waals surface area contributed by atoms with Crippen molar-refractivity contribution in [3.63, 3.8) is 0 Å². The molecule has 2 saturated heterocycles. The van der Waals surface area contributed by atoms with Crippen LogP contribution < -0.4 is 0 Å². The molecular weight excluding hydrogens is 496 g/mol. The fourth-order valence-corrected chi connectivity index (χ4v) is 5.41. The predicted molar refractivity (Wildman–Crippen MR) is 115 cm³/mol. The van der Waals surface area contributed by atoms with Crippen LogP contribution in [0.3, 0.4) is 0 Å². The number of rotatable bonds is 5. The molecule has 6 atom stereocenters. The van der Waals surface area contributed by atoms with E-state index in [1.54, 1.807) is 19.4 Å². The zero-order chi connectivity index (χ0) is 21.1. The molecule has 2 fully saturated rings. The molecule has 0 amide bonds.